The summed E-state index contributed by atoms with van der Waals surface area (Å²) in [6.07, 6.45) is 2.81. The third kappa shape index (κ3) is 3.86. The van der Waals surface area contributed by atoms with Crippen LogP contribution in [0, 0.1) is 5.92 Å². The van der Waals surface area contributed by atoms with Crippen LogP contribution in [-0.4, -0.2) is 33.6 Å². The molecule has 1 saturated heterocycles. The second-order valence-electron chi connectivity index (χ2n) is 7.42. The zero-order valence-corrected chi connectivity index (χ0v) is 14.9. The van der Waals surface area contributed by atoms with Gasteiger partial charge in [0.1, 0.15) is 0 Å². The lowest BCUT2D eigenvalue weighted by Crippen LogP contribution is -2.59. The molecule has 0 spiro atoms. The van der Waals surface area contributed by atoms with Gasteiger partial charge in [0.2, 0.25) is 0 Å². The molecule has 1 fully saturated rings. The van der Waals surface area contributed by atoms with Crippen LogP contribution in [0.2, 0.25) is 0 Å². The molecule has 1 aromatic rings. The van der Waals surface area contributed by atoms with E-state index in [-0.39, 0.29) is 29.2 Å². The van der Waals surface area contributed by atoms with Gasteiger partial charge < -0.3 is 15.1 Å². The first-order valence-corrected chi connectivity index (χ1v) is 7.51. The van der Waals surface area contributed by atoms with Crippen LogP contribution in [0.25, 0.3) is 0 Å². The van der Waals surface area contributed by atoms with E-state index in [1.807, 2.05) is 12.1 Å². The summed E-state index contributed by atoms with van der Waals surface area (Å²) in [5.41, 5.74) is 0.702. The first-order chi connectivity index (χ1) is 9.65. The van der Waals surface area contributed by atoms with E-state index in [1.54, 1.807) is 13.2 Å². The number of piperidine rings is 1. The number of hydroxylamine groups is 2. The van der Waals surface area contributed by atoms with E-state index in [1.165, 1.54) is 5.06 Å². The lowest BCUT2D eigenvalue weighted by atomic mass is 9.73. The minimum atomic E-state index is -0.229. The highest BCUT2D eigenvalue weighted by atomic mass is 35.5. The molecule has 1 aromatic carbocycles. The lowest BCUT2D eigenvalue weighted by Gasteiger charge is -2.51. The zero-order valence-electron chi connectivity index (χ0n) is 14.1. The van der Waals surface area contributed by atoms with Gasteiger partial charge in [-0.1, -0.05) is 6.07 Å². The van der Waals surface area contributed by atoms with E-state index < -0.39 is 0 Å². The monoisotopic (exact) mass is 329 g/mol. The van der Waals surface area contributed by atoms with E-state index in [9.17, 15) is 10.3 Å². The normalized spacial score (nSPS) is 21.2. The zero-order chi connectivity index (χ0) is 15.8. The van der Waals surface area contributed by atoms with Crippen LogP contribution >= 0.6 is 12.4 Å². The standard InChI is InChI=1S/C17H27NO3.ClH/c1-16(2)10-13(11-17(3,4)18(16)20)8-12-6-7-14(19)15(9-12)21-5;/h6-7,9,13,19-20H,8,10-11H2,1-5H3;1H. The SMILES string of the molecule is COc1cc(CC2CC(C)(C)N(O)C(C)(C)C2)ccc1O.Cl. The van der Waals surface area contributed by atoms with Crippen molar-refractivity contribution in [2.45, 2.75) is 58.0 Å². The smallest absolute Gasteiger partial charge is 0.160 e. The number of nitrogens with zero attached hydrogens (tertiary/aromatic N) is 1. The van der Waals surface area contributed by atoms with E-state index in [0.717, 1.165) is 24.8 Å². The van der Waals surface area contributed by atoms with Crippen LogP contribution < -0.4 is 4.74 Å². The van der Waals surface area contributed by atoms with Crippen LogP contribution in [0.5, 0.6) is 11.5 Å². The minimum Gasteiger partial charge on any atom is -0.504 e. The topological polar surface area (TPSA) is 52.9 Å². The predicted molar refractivity (Wildman–Crippen MR) is 90.1 cm³/mol. The maximum absolute atomic E-state index is 10.3. The summed E-state index contributed by atoms with van der Waals surface area (Å²) in [5, 5.41) is 21.5. The molecule has 0 amide bonds. The maximum Gasteiger partial charge on any atom is 0.160 e. The fourth-order valence-corrected chi connectivity index (χ4v) is 3.80. The number of methoxy groups -OCH3 is 1. The Kier molecular flexibility index (Phi) is 5.77. The Balaban J connectivity index is 0.00000242. The van der Waals surface area contributed by atoms with Gasteiger partial charge >= 0.3 is 0 Å². The summed E-state index contributed by atoms with van der Waals surface area (Å²) in [6, 6.07) is 5.54. The molecular formula is C17H28ClNO3. The fourth-order valence-electron chi connectivity index (χ4n) is 3.80. The lowest BCUT2D eigenvalue weighted by molar-refractivity contribution is -0.250. The molecule has 126 valence electrons. The largest absolute Gasteiger partial charge is 0.504 e. The highest BCUT2D eigenvalue weighted by Gasteiger charge is 2.44. The number of hydrogen-bond acceptors (Lipinski definition) is 4. The number of aromatic hydroxyl groups is 1. The number of phenols is 1. The Morgan fingerprint density at radius 1 is 1.18 bits per heavy atom. The number of hydrogen-bond donors (Lipinski definition) is 2. The fraction of sp³-hybridized carbons (Fsp3) is 0.647. The molecule has 1 heterocycles. The highest BCUT2D eigenvalue weighted by Crippen LogP contribution is 2.41. The summed E-state index contributed by atoms with van der Waals surface area (Å²) in [5.74, 6) is 1.19. The van der Waals surface area contributed by atoms with Crippen LogP contribution in [0.1, 0.15) is 46.1 Å². The predicted octanol–water partition coefficient (Wildman–Crippen LogP) is 4.02. The molecule has 0 radical (unpaired) electrons. The second-order valence-corrected chi connectivity index (χ2v) is 7.42. The van der Waals surface area contributed by atoms with Crippen LogP contribution in [0.15, 0.2) is 18.2 Å². The quantitative estimate of drug-likeness (QED) is 0.879. The van der Waals surface area contributed by atoms with Gasteiger partial charge in [0.05, 0.1) is 7.11 Å². The molecule has 2 rings (SSSR count). The Morgan fingerprint density at radius 2 is 1.73 bits per heavy atom. The van der Waals surface area contributed by atoms with Crippen molar-refractivity contribution in [3.8, 4) is 11.5 Å². The summed E-state index contributed by atoms with van der Waals surface area (Å²) >= 11 is 0. The van der Waals surface area contributed by atoms with Crippen molar-refractivity contribution < 1.29 is 15.1 Å². The molecule has 1 aliphatic heterocycles. The summed E-state index contributed by atoms with van der Waals surface area (Å²) < 4.78 is 5.18. The Morgan fingerprint density at radius 3 is 2.23 bits per heavy atom. The molecule has 5 heteroatoms. The summed E-state index contributed by atoms with van der Waals surface area (Å²) in [6.45, 7) is 8.33. The van der Waals surface area contributed by atoms with Gasteiger partial charge in [0, 0.05) is 11.1 Å². The molecular weight excluding hydrogens is 302 g/mol. The molecule has 0 aromatic heterocycles. The molecule has 2 N–H and O–H groups in total. The van der Waals surface area contributed by atoms with E-state index in [2.05, 4.69) is 27.7 Å². The van der Waals surface area contributed by atoms with Crippen molar-refractivity contribution in [2.75, 3.05) is 7.11 Å². The van der Waals surface area contributed by atoms with Gasteiger partial charge in [-0.25, -0.2) is 0 Å². The van der Waals surface area contributed by atoms with Gasteiger partial charge in [-0.2, -0.15) is 5.06 Å². The molecule has 1 aliphatic rings. The van der Waals surface area contributed by atoms with E-state index in [4.69, 9.17) is 4.74 Å². The van der Waals surface area contributed by atoms with E-state index >= 15 is 0 Å². The number of halogens is 1. The van der Waals surface area contributed by atoms with Gasteiger partial charge in [-0.15, -0.1) is 12.4 Å². The number of benzene rings is 1. The van der Waals surface area contributed by atoms with Crippen molar-refractivity contribution >= 4 is 12.4 Å². The number of ether oxygens (including phenoxy) is 1. The molecule has 0 unspecified atom stereocenters. The Bertz CT molecular complexity index is 499. The number of rotatable bonds is 3. The van der Waals surface area contributed by atoms with Gasteiger partial charge in [0.25, 0.3) is 0 Å². The Labute approximate surface area is 139 Å². The molecule has 0 atom stereocenters. The highest BCUT2D eigenvalue weighted by molar-refractivity contribution is 5.85. The molecule has 0 saturated carbocycles. The maximum atomic E-state index is 10.3. The van der Waals surface area contributed by atoms with Crippen LogP contribution in [0.3, 0.4) is 0 Å². The van der Waals surface area contributed by atoms with Gasteiger partial charge in [0.15, 0.2) is 11.5 Å². The third-order valence-electron chi connectivity index (χ3n) is 4.49. The summed E-state index contributed by atoms with van der Waals surface area (Å²) in [7, 11) is 1.56. The first-order valence-electron chi connectivity index (χ1n) is 7.51. The van der Waals surface area contributed by atoms with Crippen LogP contribution in [-0.2, 0) is 6.42 Å². The van der Waals surface area contributed by atoms with Gasteiger partial charge in [-0.05, 0) is 70.6 Å². The second kappa shape index (κ2) is 6.65. The molecule has 22 heavy (non-hydrogen) atoms. The van der Waals surface area contributed by atoms with Crippen molar-refractivity contribution in [1.82, 2.24) is 5.06 Å². The van der Waals surface area contributed by atoms with Crippen LogP contribution in [0.4, 0.5) is 0 Å². The first kappa shape index (κ1) is 19.1. The van der Waals surface area contributed by atoms with E-state index in [0.29, 0.717) is 11.7 Å². The average molecular weight is 330 g/mol. The Hall–Kier alpha value is -0.970. The van der Waals surface area contributed by atoms with Crippen molar-refractivity contribution in [1.29, 1.82) is 0 Å². The molecule has 4 nitrogen and oxygen atoms in total. The average Bonchev–Trinajstić information content (AvgIpc) is 2.37. The molecule has 0 bridgehead atoms. The molecule has 0 aliphatic carbocycles. The van der Waals surface area contributed by atoms with Crippen molar-refractivity contribution in [3.05, 3.63) is 23.8 Å². The van der Waals surface area contributed by atoms with Gasteiger partial charge in [-0.3, -0.25) is 0 Å². The number of phenolic OH excluding ortho intramolecular Hbond substituents is 1. The third-order valence-corrected chi connectivity index (χ3v) is 4.49. The summed E-state index contributed by atoms with van der Waals surface area (Å²) in [4.78, 5) is 0. The minimum absolute atomic E-state index is 0. The van der Waals surface area contributed by atoms with Crippen molar-refractivity contribution in [2.24, 2.45) is 5.92 Å². The van der Waals surface area contributed by atoms with Crippen molar-refractivity contribution in [3.63, 3.8) is 0 Å².